The SMILES string of the molecule is CC(C)(F)C[C@@H](C=O)N[C@@](C#CCCC[C@H]1COC(C)(C)N1C(=O)O)(c1ccc(Br)cc1)C(F)(F)F. The van der Waals surface area contributed by atoms with Gasteiger partial charge >= 0.3 is 12.3 Å². The Hall–Kier alpha value is -2.16. The van der Waals surface area contributed by atoms with E-state index in [1.165, 1.54) is 43.0 Å². The van der Waals surface area contributed by atoms with Crippen LogP contribution in [0.5, 0.6) is 0 Å². The number of amides is 1. The molecule has 3 atom stereocenters. The van der Waals surface area contributed by atoms with Gasteiger partial charge in [0.05, 0.1) is 18.7 Å². The Balaban J connectivity index is 2.33. The van der Waals surface area contributed by atoms with Crippen LogP contribution >= 0.6 is 15.9 Å². The van der Waals surface area contributed by atoms with Crippen LogP contribution in [0.25, 0.3) is 0 Å². The van der Waals surface area contributed by atoms with Crippen molar-refractivity contribution in [3.05, 3.63) is 34.3 Å². The molecular weight excluding hydrogens is 548 g/mol. The molecule has 0 aliphatic carbocycles. The summed E-state index contributed by atoms with van der Waals surface area (Å²) in [5.41, 5.74) is -6.04. The zero-order valence-corrected chi connectivity index (χ0v) is 22.2. The van der Waals surface area contributed by atoms with Crippen LogP contribution < -0.4 is 5.32 Å². The third-order valence-electron chi connectivity index (χ3n) is 5.87. The first kappa shape index (κ1) is 30.1. The molecule has 1 aromatic carbocycles. The van der Waals surface area contributed by atoms with Crippen LogP contribution in [-0.4, -0.2) is 58.6 Å². The summed E-state index contributed by atoms with van der Waals surface area (Å²) in [5.74, 6) is 4.86. The highest BCUT2D eigenvalue weighted by molar-refractivity contribution is 9.10. The van der Waals surface area contributed by atoms with Crippen LogP contribution in [0.4, 0.5) is 22.4 Å². The number of unbranched alkanes of at least 4 members (excludes halogenated alkanes) is 1. The lowest BCUT2D eigenvalue weighted by Crippen LogP contribution is -2.58. The number of hydrogen-bond acceptors (Lipinski definition) is 4. The van der Waals surface area contributed by atoms with E-state index >= 15 is 0 Å². The second-order valence-electron chi connectivity index (χ2n) is 9.82. The van der Waals surface area contributed by atoms with Crippen molar-refractivity contribution in [2.24, 2.45) is 0 Å². The summed E-state index contributed by atoms with van der Waals surface area (Å²) in [6.45, 7) is 5.80. The number of halogens is 5. The molecule has 0 saturated carbocycles. The van der Waals surface area contributed by atoms with Gasteiger partial charge in [-0.25, -0.2) is 9.18 Å². The van der Waals surface area contributed by atoms with Gasteiger partial charge in [-0.1, -0.05) is 34.0 Å². The van der Waals surface area contributed by atoms with E-state index in [9.17, 15) is 32.3 Å². The molecule has 0 unspecified atom stereocenters. The van der Waals surface area contributed by atoms with Gasteiger partial charge in [-0.15, -0.1) is 5.92 Å². The number of nitrogens with one attached hydrogen (secondary N) is 1. The Morgan fingerprint density at radius 3 is 2.42 bits per heavy atom. The van der Waals surface area contributed by atoms with E-state index in [0.717, 1.165) is 0 Å². The maximum Gasteiger partial charge on any atom is 0.422 e. The quantitative estimate of drug-likeness (QED) is 0.168. The minimum absolute atomic E-state index is 0.0424. The topological polar surface area (TPSA) is 78.9 Å². The van der Waals surface area contributed by atoms with E-state index in [1.54, 1.807) is 13.8 Å². The number of ether oxygens (including phenoxy) is 1. The normalized spacial score (nSPS) is 20.2. The number of aldehydes is 1. The van der Waals surface area contributed by atoms with Crippen LogP contribution in [-0.2, 0) is 15.1 Å². The summed E-state index contributed by atoms with van der Waals surface area (Å²) >= 11 is 3.20. The Bertz CT molecular complexity index is 983. The Morgan fingerprint density at radius 1 is 1.31 bits per heavy atom. The fourth-order valence-electron chi connectivity index (χ4n) is 4.25. The molecule has 1 aliphatic rings. The second-order valence-corrected chi connectivity index (χ2v) is 10.7. The van der Waals surface area contributed by atoms with Crippen LogP contribution in [0, 0.1) is 11.8 Å². The van der Waals surface area contributed by atoms with E-state index in [4.69, 9.17) is 4.74 Å². The minimum Gasteiger partial charge on any atom is -0.465 e. The molecule has 2 rings (SSSR count). The van der Waals surface area contributed by atoms with Gasteiger partial charge < -0.3 is 14.6 Å². The minimum atomic E-state index is -4.95. The number of carboxylic acid groups (broad SMARTS) is 1. The summed E-state index contributed by atoms with van der Waals surface area (Å²) < 4.78 is 64.1. The third-order valence-corrected chi connectivity index (χ3v) is 6.40. The largest absolute Gasteiger partial charge is 0.465 e. The molecule has 2 N–H and O–H groups in total. The summed E-state index contributed by atoms with van der Waals surface area (Å²) in [7, 11) is 0. The van der Waals surface area contributed by atoms with E-state index in [1.807, 2.05) is 0 Å². The molecule has 6 nitrogen and oxygen atoms in total. The number of rotatable bonds is 9. The van der Waals surface area contributed by atoms with Gasteiger partial charge in [-0.2, -0.15) is 13.2 Å². The maximum absolute atomic E-state index is 14.6. The molecule has 0 aromatic heterocycles. The predicted molar refractivity (Wildman–Crippen MR) is 130 cm³/mol. The van der Waals surface area contributed by atoms with Gasteiger partial charge in [0.15, 0.2) is 0 Å². The average molecular weight is 579 g/mol. The summed E-state index contributed by atoms with van der Waals surface area (Å²) in [5, 5.41) is 11.8. The van der Waals surface area contributed by atoms with E-state index in [2.05, 4.69) is 33.1 Å². The van der Waals surface area contributed by atoms with Crippen LogP contribution in [0.2, 0.25) is 0 Å². The van der Waals surface area contributed by atoms with Gasteiger partial charge in [0.25, 0.3) is 0 Å². The molecule has 1 aromatic rings. The molecule has 0 radical (unpaired) electrons. The molecule has 1 aliphatic heterocycles. The van der Waals surface area contributed by atoms with Crippen LogP contribution in [0.15, 0.2) is 28.7 Å². The van der Waals surface area contributed by atoms with Crippen molar-refractivity contribution in [3.8, 4) is 11.8 Å². The highest BCUT2D eigenvalue weighted by Crippen LogP contribution is 2.40. The molecule has 0 bridgehead atoms. The first-order valence-electron chi connectivity index (χ1n) is 11.4. The van der Waals surface area contributed by atoms with Crippen molar-refractivity contribution in [3.63, 3.8) is 0 Å². The number of benzene rings is 1. The average Bonchev–Trinajstić information content (AvgIpc) is 3.05. The first-order chi connectivity index (χ1) is 16.5. The highest BCUT2D eigenvalue weighted by Gasteiger charge is 2.56. The molecule has 36 heavy (non-hydrogen) atoms. The van der Waals surface area contributed by atoms with Gasteiger partial charge in [-0.05, 0) is 58.2 Å². The zero-order valence-electron chi connectivity index (χ0n) is 20.6. The Labute approximate surface area is 216 Å². The Kier molecular flexibility index (Phi) is 9.59. The monoisotopic (exact) mass is 578 g/mol. The molecule has 1 heterocycles. The number of carbonyl (C=O) groups excluding carboxylic acids is 1. The van der Waals surface area contributed by atoms with Gasteiger partial charge in [0.2, 0.25) is 5.54 Å². The maximum atomic E-state index is 14.6. The van der Waals surface area contributed by atoms with Crippen LogP contribution in [0.1, 0.15) is 58.9 Å². The Morgan fingerprint density at radius 2 is 1.92 bits per heavy atom. The van der Waals surface area contributed by atoms with Crippen LogP contribution in [0.3, 0.4) is 0 Å². The molecule has 1 amide bonds. The fourth-order valence-corrected chi connectivity index (χ4v) is 4.51. The molecule has 0 spiro atoms. The van der Waals surface area contributed by atoms with Crippen molar-refractivity contribution in [1.82, 2.24) is 10.2 Å². The highest BCUT2D eigenvalue weighted by atomic mass is 79.9. The molecule has 11 heteroatoms. The summed E-state index contributed by atoms with van der Waals surface area (Å²) in [6, 6.07) is 3.44. The van der Waals surface area contributed by atoms with Crippen molar-refractivity contribution in [2.45, 2.75) is 88.6 Å². The molecule has 1 saturated heterocycles. The first-order valence-corrected chi connectivity index (χ1v) is 12.2. The van der Waals surface area contributed by atoms with E-state index in [0.29, 0.717) is 17.3 Å². The molecule has 200 valence electrons. The number of nitrogens with zero attached hydrogens (tertiary/aromatic N) is 1. The summed E-state index contributed by atoms with van der Waals surface area (Å²) in [4.78, 5) is 24.4. The molecule has 1 fully saturated rings. The number of carbonyl (C=O) groups is 2. The van der Waals surface area contributed by atoms with Crippen molar-refractivity contribution in [1.29, 1.82) is 0 Å². The second kappa shape index (κ2) is 11.5. The van der Waals surface area contributed by atoms with Crippen molar-refractivity contribution in [2.75, 3.05) is 6.61 Å². The zero-order chi connectivity index (χ0) is 27.4. The number of hydrogen-bond donors (Lipinski definition) is 2. The molecular formula is C25H31BrF4N2O4. The third kappa shape index (κ3) is 7.43. The van der Waals surface area contributed by atoms with Gasteiger partial charge in [0, 0.05) is 17.3 Å². The predicted octanol–water partition coefficient (Wildman–Crippen LogP) is 5.79. The van der Waals surface area contributed by atoms with E-state index < -0.39 is 47.7 Å². The van der Waals surface area contributed by atoms with Gasteiger partial charge in [-0.3, -0.25) is 10.2 Å². The lowest BCUT2D eigenvalue weighted by Gasteiger charge is -2.36. The summed E-state index contributed by atoms with van der Waals surface area (Å²) in [6.07, 6.45) is -5.59. The lowest BCUT2D eigenvalue weighted by molar-refractivity contribution is -0.184. The fraction of sp³-hybridized carbons (Fsp3) is 0.600. The van der Waals surface area contributed by atoms with E-state index in [-0.39, 0.29) is 24.9 Å². The van der Waals surface area contributed by atoms with Crippen molar-refractivity contribution >= 4 is 28.3 Å². The lowest BCUT2D eigenvalue weighted by atomic mass is 9.87. The van der Waals surface area contributed by atoms with Crippen molar-refractivity contribution < 1.29 is 37.0 Å². The number of alkyl halides is 4. The smallest absolute Gasteiger partial charge is 0.422 e. The van der Waals surface area contributed by atoms with Gasteiger partial charge in [0.1, 0.15) is 17.7 Å². The standard InChI is InChI=1S/C25H31BrF4N2O4/c1-22(2,27)14-19(15-33)31-24(25(28,29)30,17-9-11-18(26)12-10-17)13-7-5-6-8-20-16-36-23(3,4)32(20)21(34)35/h9-12,15,19-20,31H,5-6,8,14,16H2,1-4H3,(H,34,35)/t19-,20-,24-/m0/s1.